The number of benzene rings is 1. The first-order valence-electron chi connectivity index (χ1n) is 12.5. The third kappa shape index (κ3) is 4.89. The SMILES string of the molecule is CCCC(NC(=O)c1ccc(-c2ccccc2)s1)C(=O)N1CCC2C1C(=O)CN2S(=O)(=O)c1ccccn1. The number of hydrogen-bond donors (Lipinski definition) is 1. The van der Waals surface area contributed by atoms with Gasteiger partial charge in [-0.25, -0.2) is 13.4 Å². The number of thiophene rings is 1. The molecule has 198 valence electrons. The molecule has 2 aliphatic rings. The summed E-state index contributed by atoms with van der Waals surface area (Å²) < 4.78 is 27.6. The fourth-order valence-electron chi connectivity index (χ4n) is 5.15. The molecule has 3 atom stereocenters. The Hall–Kier alpha value is -3.41. The highest BCUT2D eigenvalue weighted by Crippen LogP contribution is 2.34. The van der Waals surface area contributed by atoms with Crippen LogP contribution in [0.25, 0.3) is 10.4 Å². The van der Waals surface area contributed by atoms with Gasteiger partial charge in [0.15, 0.2) is 10.8 Å². The molecule has 4 heterocycles. The van der Waals surface area contributed by atoms with E-state index < -0.39 is 28.1 Å². The maximum absolute atomic E-state index is 13.6. The van der Waals surface area contributed by atoms with E-state index in [0.29, 0.717) is 24.1 Å². The van der Waals surface area contributed by atoms with Crippen LogP contribution in [0.4, 0.5) is 0 Å². The number of aromatic nitrogens is 1. The van der Waals surface area contributed by atoms with E-state index in [0.717, 1.165) is 10.4 Å². The molecule has 9 nitrogen and oxygen atoms in total. The van der Waals surface area contributed by atoms with Crippen molar-refractivity contribution in [1.82, 2.24) is 19.5 Å². The number of carbonyl (C=O) groups is 3. The highest BCUT2D eigenvalue weighted by molar-refractivity contribution is 7.89. The molecule has 0 bridgehead atoms. The minimum absolute atomic E-state index is 0.125. The van der Waals surface area contributed by atoms with E-state index in [1.807, 2.05) is 43.3 Å². The number of nitrogens with one attached hydrogen (secondary N) is 1. The minimum atomic E-state index is -3.99. The summed E-state index contributed by atoms with van der Waals surface area (Å²) in [5.74, 6) is -1.04. The molecule has 5 rings (SSSR count). The molecule has 11 heteroatoms. The lowest BCUT2D eigenvalue weighted by Gasteiger charge is -2.28. The van der Waals surface area contributed by atoms with E-state index in [2.05, 4.69) is 10.3 Å². The first-order valence-corrected chi connectivity index (χ1v) is 14.8. The van der Waals surface area contributed by atoms with Gasteiger partial charge in [-0.2, -0.15) is 4.31 Å². The summed E-state index contributed by atoms with van der Waals surface area (Å²) in [5, 5.41) is 2.74. The van der Waals surface area contributed by atoms with Crippen molar-refractivity contribution in [2.75, 3.05) is 13.1 Å². The lowest BCUT2D eigenvalue weighted by atomic mass is 10.1. The van der Waals surface area contributed by atoms with Gasteiger partial charge < -0.3 is 10.2 Å². The van der Waals surface area contributed by atoms with Gasteiger partial charge in [-0.15, -0.1) is 11.3 Å². The number of nitrogens with zero attached hydrogens (tertiary/aromatic N) is 3. The van der Waals surface area contributed by atoms with Crippen LogP contribution in [-0.4, -0.2) is 71.4 Å². The molecule has 38 heavy (non-hydrogen) atoms. The number of hydrogen-bond acceptors (Lipinski definition) is 7. The van der Waals surface area contributed by atoms with Gasteiger partial charge in [-0.05, 0) is 42.7 Å². The Labute approximate surface area is 225 Å². The van der Waals surface area contributed by atoms with Crippen molar-refractivity contribution in [2.24, 2.45) is 0 Å². The summed E-state index contributed by atoms with van der Waals surface area (Å²) >= 11 is 1.34. The normalized spacial score (nSPS) is 20.3. The van der Waals surface area contributed by atoms with Gasteiger partial charge in [0.2, 0.25) is 5.91 Å². The van der Waals surface area contributed by atoms with Gasteiger partial charge in [-0.3, -0.25) is 14.4 Å². The molecule has 1 N–H and O–H groups in total. The Bertz CT molecular complexity index is 1440. The molecule has 0 spiro atoms. The average molecular weight is 553 g/mol. The lowest BCUT2D eigenvalue weighted by Crippen LogP contribution is -2.52. The standard InChI is InChI=1S/C27H28N4O5S2/c1-2-8-19(29-26(33)23-13-12-22(37-23)18-9-4-3-5-10-18)27(34)30-16-14-20-25(30)21(32)17-31(20)38(35,36)24-11-6-7-15-28-24/h3-7,9-13,15,19-20,25H,2,8,14,16-17H2,1H3,(H,29,33). The average Bonchev–Trinajstić information content (AvgIpc) is 3.67. The van der Waals surface area contributed by atoms with E-state index in [-0.39, 0.29) is 35.7 Å². The fraction of sp³-hybridized carbons (Fsp3) is 0.333. The highest BCUT2D eigenvalue weighted by atomic mass is 32.2. The Morgan fingerprint density at radius 1 is 1.11 bits per heavy atom. The van der Waals surface area contributed by atoms with Crippen LogP contribution in [0.5, 0.6) is 0 Å². The van der Waals surface area contributed by atoms with Crippen molar-refractivity contribution in [1.29, 1.82) is 0 Å². The Morgan fingerprint density at radius 3 is 2.58 bits per heavy atom. The molecule has 2 aromatic heterocycles. The minimum Gasteiger partial charge on any atom is -0.340 e. The van der Waals surface area contributed by atoms with Gasteiger partial charge in [0, 0.05) is 17.6 Å². The molecule has 2 saturated heterocycles. The second-order valence-corrected chi connectivity index (χ2v) is 12.3. The molecule has 3 aromatic rings. The van der Waals surface area contributed by atoms with Crippen molar-refractivity contribution < 1.29 is 22.8 Å². The number of amides is 2. The van der Waals surface area contributed by atoms with Crippen LogP contribution in [0.2, 0.25) is 0 Å². The molecule has 0 radical (unpaired) electrons. The summed E-state index contributed by atoms with van der Waals surface area (Å²) in [6, 6.07) is 15.6. The number of carbonyl (C=O) groups excluding carboxylic acids is 3. The fourth-order valence-corrected chi connectivity index (χ4v) is 7.63. The van der Waals surface area contributed by atoms with Gasteiger partial charge in [0.25, 0.3) is 15.9 Å². The van der Waals surface area contributed by atoms with E-state index in [1.165, 1.54) is 32.8 Å². The maximum atomic E-state index is 13.6. The monoisotopic (exact) mass is 552 g/mol. The third-order valence-electron chi connectivity index (χ3n) is 6.94. The van der Waals surface area contributed by atoms with E-state index in [9.17, 15) is 22.8 Å². The van der Waals surface area contributed by atoms with Crippen LogP contribution in [0.15, 0.2) is 71.9 Å². The van der Waals surface area contributed by atoms with Crippen LogP contribution in [0, 0.1) is 0 Å². The zero-order valence-corrected chi connectivity index (χ0v) is 22.5. The first kappa shape index (κ1) is 26.2. The third-order valence-corrected chi connectivity index (χ3v) is 9.86. The molecule has 0 aliphatic carbocycles. The topological polar surface area (TPSA) is 117 Å². The molecular formula is C27H28N4O5S2. The molecule has 2 fully saturated rings. The molecule has 1 aromatic carbocycles. The summed E-state index contributed by atoms with van der Waals surface area (Å²) in [7, 11) is -3.99. The van der Waals surface area contributed by atoms with E-state index >= 15 is 0 Å². The second-order valence-electron chi connectivity index (χ2n) is 9.36. The van der Waals surface area contributed by atoms with Crippen LogP contribution >= 0.6 is 11.3 Å². The largest absolute Gasteiger partial charge is 0.340 e. The molecule has 2 aliphatic heterocycles. The Morgan fingerprint density at radius 2 is 1.87 bits per heavy atom. The van der Waals surface area contributed by atoms with Crippen molar-refractivity contribution in [3.05, 3.63) is 71.7 Å². The summed E-state index contributed by atoms with van der Waals surface area (Å²) in [5.41, 5.74) is 1.01. The van der Waals surface area contributed by atoms with Crippen LogP contribution < -0.4 is 5.32 Å². The number of fused-ring (bicyclic) bond motifs is 1. The zero-order valence-electron chi connectivity index (χ0n) is 20.8. The Kier molecular flexibility index (Phi) is 7.42. The summed E-state index contributed by atoms with van der Waals surface area (Å²) in [6.07, 6.45) is 2.78. The maximum Gasteiger partial charge on any atom is 0.262 e. The number of pyridine rings is 1. The summed E-state index contributed by atoms with van der Waals surface area (Å²) in [6.45, 7) is 1.85. The van der Waals surface area contributed by atoms with Crippen molar-refractivity contribution in [3.63, 3.8) is 0 Å². The van der Waals surface area contributed by atoms with Gasteiger partial charge in [-0.1, -0.05) is 49.7 Å². The van der Waals surface area contributed by atoms with Gasteiger partial charge in [0.05, 0.1) is 17.5 Å². The quantitative estimate of drug-likeness (QED) is 0.459. The molecule has 2 amide bonds. The van der Waals surface area contributed by atoms with Crippen molar-refractivity contribution in [2.45, 2.75) is 49.3 Å². The molecular weight excluding hydrogens is 524 g/mol. The van der Waals surface area contributed by atoms with Crippen molar-refractivity contribution in [3.8, 4) is 10.4 Å². The summed E-state index contributed by atoms with van der Waals surface area (Å²) in [4.78, 5) is 46.6. The van der Waals surface area contributed by atoms with E-state index in [4.69, 9.17) is 0 Å². The number of rotatable bonds is 8. The zero-order chi connectivity index (χ0) is 26.9. The predicted molar refractivity (Wildman–Crippen MR) is 143 cm³/mol. The first-order chi connectivity index (χ1) is 18.3. The van der Waals surface area contributed by atoms with E-state index in [1.54, 1.807) is 18.2 Å². The molecule has 3 unspecified atom stereocenters. The predicted octanol–water partition coefficient (Wildman–Crippen LogP) is 2.95. The smallest absolute Gasteiger partial charge is 0.262 e. The van der Waals surface area contributed by atoms with Crippen molar-refractivity contribution >= 4 is 39.0 Å². The highest BCUT2D eigenvalue weighted by Gasteiger charge is 2.54. The number of ketones is 1. The van der Waals surface area contributed by atoms with Gasteiger partial charge in [0.1, 0.15) is 12.1 Å². The van der Waals surface area contributed by atoms with Crippen LogP contribution in [0.1, 0.15) is 35.9 Å². The van der Waals surface area contributed by atoms with Gasteiger partial charge >= 0.3 is 0 Å². The van der Waals surface area contributed by atoms with Crippen LogP contribution in [-0.2, 0) is 19.6 Å². The number of sulfonamides is 1. The second kappa shape index (κ2) is 10.8. The Balaban J connectivity index is 1.31. The van der Waals surface area contributed by atoms with Crippen LogP contribution in [0.3, 0.4) is 0 Å². The lowest BCUT2D eigenvalue weighted by molar-refractivity contribution is -0.138. The number of Topliss-reactive ketones (excluding diaryl/α,β-unsaturated/α-hetero) is 1. The molecule has 0 saturated carbocycles. The number of likely N-dealkylation sites (tertiary alicyclic amines) is 1.